The van der Waals surface area contributed by atoms with Gasteiger partial charge in [-0.2, -0.15) is 4.98 Å². The minimum atomic E-state index is -3.33. The number of aromatic nitrogens is 4. The van der Waals surface area contributed by atoms with Crippen LogP contribution in [0.3, 0.4) is 0 Å². The molecule has 11 heteroatoms. The van der Waals surface area contributed by atoms with Crippen molar-refractivity contribution in [2.24, 2.45) is 0 Å². The fraction of sp³-hybridized carbons (Fsp3) is 0.300. The van der Waals surface area contributed by atoms with Crippen LogP contribution in [0.4, 0.5) is 23.4 Å². The molecule has 1 fully saturated rings. The van der Waals surface area contributed by atoms with E-state index in [1.807, 2.05) is 11.8 Å². The molecule has 0 bridgehead atoms. The monoisotopic (exact) mass is 441 g/mol. The average Bonchev–Trinajstić information content (AvgIpc) is 2.76. The van der Waals surface area contributed by atoms with Crippen LogP contribution in [0.1, 0.15) is 5.56 Å². The second kappa shape index (κ2) is 8.44. The zero-order valence-corrected chi connectivity index (χ0v) is 18.1. The van der Waals surface area contributed by atoms with Crippen molar-refractivity contribution in [1.29, 1.82) is 0 Å². The van der Waals surface area contributed by atoms with Crippen LogP contribution >= 0.6 is 0 Å². The van der Waals surface area contributed by atoms with E-state index < -0.39 is 9.84 Å². The fourth-order valence-electron chi connectivity index (χ4n) is 3.21. The van der Waals surface area contributed by atoms with E-state index in [0.717, 1.165) is 5.56 Å². The Labute approximate surface area is 180 Å². The standard InChI is InChI=1S/C20H23N7O3S/c1-13-17(14-11-22-19(21)23-12-14)25-20(27-6-8-30-9-7-27)26-18(13)24-15-4-3-5-16(10-15)31(2,28)29/h3-5,10-12H,6-9H2,1-2H3,(H2,21,22,23)(H,24,25,26). The summed E-state index contributed by atoms with van der Waals surface area (Å²) in [5.74, 6) is 1.29. The Balaban J connectivity index is 1.79. The van der Waals surface area contributed by atoms with Crippen molar-refractivity contribution in [3.63, 3.8) is 0 Å². The first-order valence-corrected chi connectivity index (χ1v) is 11.6. The molecule has 1 saturated heterocycles. The van der Waals surface area contributed by atoms with Crippen molar-refractivity contribution in [2.45, 2.75) is 11.8 Å². The lowest BCUT2D eigenvalue weighted by Crippen LogP contribution is -2.37. The highest BCUT2D eigenvalue weighted by atomic mass is 32.2. The van der Waals surface area contributed by atoms with Crippen molar-refractivity contribution in [3.05, 3.63) is 42.2 Å². The van der Waals surface area contributed by atoms with Crippen molar-refractivity contribution in [1.82, 2.24) is 19.9 Å². The molecule has 31 heavy (non-hydrogen) atoms. The van der Waals surface area contributed by atoms with Crippen molar-refractivity contribution in [2.75, 3.05) is 48.5 Å². The van der Waals surface area contributed by atoms with Gasteiger partial charge in [0, 0.05) is 48.6 Å². The van der Waals surface area contributed by atoms with Crippen molar-refractivity contribution < 1.29 is 13.2 Å². The van der Waals surface area contributed by atoms with Gasteiger partial charge in [0.25, 0.3) is 0 Å². The fourth-order valence-corrected chi connectivity index (χ4v) is 3.88. The van der Waals surface area contributed by atoms with Crippen molar-refractivity contribution >= 4 is 33.2 Å². The van der Waals surface area contributed by atoms with Crippen LogP contribution in [0.5, 0.6) is 0 Å². The molecule has 0 atom stereocenters. The van der Waals surface area contributed by atoms with Crippen LogP contribution in [0.2, 0.25) is 0 Å². The van der Waals surface area contributed by atoms with E-state index in [4.69, 9.17) is 20.4 Å². The smallest absolute Gasteiger partial charge is 0.228 e. The Hall–Kier alpha value is -3.31. The maximum absolute atomic E-state index is 11.9. The Kier molecular flexibility index (Phi) is 5.70. The molecule has 0 spiro atoms. The number of benzene rings is 1. The van der Waals surface area contributed by atoms with Gasteiger partial charge in [-0.25, -0.2) is 23.4 Å². The second-order valence-electron chi connectivity index (χ2n) is 7.20. The zero-order chi connectivity index (χ0) is 22.0. The molecule has 162 valence electrons. The predicted octanol–water partition coefficient (Wildman–Crippen LogP) is 1.81. The maximum atomic E-state index is 11.9. The van der Waals surface area contributed by atoms with Crippen molar-refractivity contribution in [3.8, 4) is 11.3 Å². The zero-order valence-electron chi connectivity index (χ0n) is 17.2. The number of ether oxygens (including phenoxy) is 1. The molecule has 1 aliphatic rings. The summed E-state index contributed by atoms with van der Waals surface area (Å²) in [6.07, 6.45) is 4.42. The predicted molar refractivity (Wildman–Crippen MR) is 118 cm³/mol. The van der Waals surface area contributed by atoms with E-state index in [-0.39, 0.29) is 10.8 Å². The van der Waals surface area contributed by atoms with E-state index in [9.17, 15) is 8.42 Å². The molecule has 0 saturated carbocycles. The number of rotatable bonds is 5. The number of sulfone groups is 1. The highest BCUT2D eigenvalue weighted by Crippen LogP contribution is 2.30. The molecule has 0 amide bonds. The lowest BCUT2D eigenvalue weighted by Gasteiger charge is -2.28. The molecule has 10 nitrogen and oxygen atoms in total. The van der Waals surface area contributed by atoms with Gasteiger partial charge in [0.15, 0.2) is 9.84 Å². The van der Waals surface area contributed by atoms with Crippen LogP contribution in [0.25, 0.3) is 11.3 Å². The Morgan fingerprint density at radius 2 is 1.84 bits per heavy atom. The highest BCUT2D eigenvalue weighted by Gasteiger charge is 2.20. The van der Waals surface area contributed by atoms with Crippen LogP contribution < -0.4 is 16.0 Å². The largest absolute Gasteiger partial charge is 0.378 e. The SMILES string of the molecule is Cc1c(Nc2cccc(S(C)(=O)=O)c2)nc(N2CCOCC2)nc1-c1cnc(N)nc1. The average molecular weight is 442 g/mol. The Morgan fingerprint density at radius 1 is 1.13 bits per heavy atom. The molecule has 3 N–H and O–H groups in total. The number of hydrogen-bond acceptors (Lipinski definition) is 10. The molecule has 2 aromatic heterocycles. The number of morpholine rings is 1. The first kappa shape index (κ1) is 20.9. The van der Waals surface area contributed by atoms with Crippen LogP contribution in [-0.4, -0.2) is 60.9 Å². The molecule has 0 radical (unpaired) electrons. The number of nitrogens with two attached hydrogens (primary N) is 1. The van der Waals surface area contributed by atoms with Crippen LogP contribution in [0.15, 0.2) is 41.6 Å². The normalized spacial score (nSPS) is 14.5. The lowest BCUT2D eigenvalue weighted by atomic mass is 10.1. The van der Waals surface area contributed by atoms with Gasteiger partial charge in [0.05, 0.1) is 23.8 Å². The molecule has 3 aromatic rings. The molecule has 0 unspecified atom stereocenters. The molecule has 1 aromatic carbocycles. The first-order chi connectivity index (χ1) is 14.8. The third-order valence-corrected chi connectivity index (χ3v) is 6.01. The Bertz CT molecular complexity index is 1190. The van der Waals surface area contributed by atoms with Gasteiger partial charge in [0.1, 0.15) is 5.82 Å². The summed E-state index contributed by atoms with van der Waals surface area (Å²) in [6, 6.07) is 6.62. The number of nitrogens with zero attached hydrogens (tertiary/aromatic N) is 5. The lowest BCUT2D eigenvalue weighted by molar-refractivity contribution is 0.122. The number of nitrogens with one attached hydrogen (secondary N) is 1. The van der Waals surface area contributed by atoms with E-state index in [1.54, 1.807) is 36.7 Å². The summed E-state index contributed by atoms with van der Waals surface area (Å²) in [4.78, 5) is 19.9. The van der Waals surface area contributed by atoms with E-state index >= 15 is 0 Å². The molecule has 3 heterocycles. The van der Waals surface area contributed by atoms with Crippen LogP contribution in [-0.2, 0) is 14.6 Å². The summed E-state index contributed by atoms with van der Waals surface area (Å²) in [6.45, 7) is 4.42. The molecule has 0 aliphatic carbocycles. The topological polar surface area (TPSA) is 136 Å². The summed E-state index contributed by atoms with van der Waals surface area (Å²) in [7, 11) is -3.33. The van der Waals surface area contributed by atoms with Gasteiger partial charge in [-0.05, 0) is 25.1 Å². The third kappa shape index (κ3) is 4.72. The first-order valence-electron chi connectivity index (χ1n) is 9.67. The molecular weight excluding hydrogens is 418 g/mol. The molecular formula is C20H23N7O3S. The molecule has 4 rings (SSSR count). The van der Waals surface area contributed by atoms with Gasteiger partial charge in [-0.15, -0.1) is 0 Å². The second-order valence-corrected chi connectivity index (χ2v) is 9.22. The van der Waals surface area contributed by atoms with Gasteiger partial charge in [-0.1, -0.05) is 6.07 Å². The van der Waals surface area contributed by atoms with E-state index in [0.29, 0.717) is 55.0 Å². The third-order valence-electron chi connectivity index (χ3n) is 4.90. The number of hydrogen-bond donors (Lipinski definition) is 2. The maximum Gasteiger partial charge on any atom is 0.228 e. The van der Waals surface area contributed by atoms with E-state index in [1.165, 1.54) is 6.26 Å². The van der Waals surface area contributed by atoms with E-state index in [2.05, 4.69) is 15.3 Å². The summed E-state index contributed by atoms with van der Waals surface area (Å²) >= 11 is 0. The number of anilines is 4. The summed E-state index contributed by atoms with van der Waals surface area (Å²) < 4.78 is 29.3. The number of nitrogen functional groups attached to an aromatic ring is 1. The Morgan fingerprint density at radius 3 is 2.52 bits per heavy atom. The summed E-state index contributed by atoms with van der Waals surface area (Å²) in [5.41, 5.74) is 8.38. The van der Waals surface area contributed by atoms with Crippen LogP contribution in [0, 0.1) is 6.92 Å². The van der Waals surface area contributed by atoms with Gasteiger partial charge >= 0.3 is 0 Å². The molecule has 1 aliphatic heterocycles. The minimum absolute atomic E-state index is 0.180. The highest BCUT2D eigenvalue weighted by molar-refractivity contribution is 7.90. The quantitative estimate of drug-likeness (QED) is 0.603. The summed E-state index contributed by atoms with van der Waals surface area (Å²) in [5, 5.41) is 3.25. The van der Waals surface area contributed by atoms with Gasteiger partial charge in [0.2, 0.25) is 11.9 Å². The van der Waals surface area contributed by atoms with Gasteiger partial charge in [-0.3, -0.25) is 0 Å². The van der Waals surface area contributed by atoms with Gasteiger partial charge < -0.3 is 20.7 Å². The minimum Gasteiger partial charge on any atom is -0.378 e.